The number of nitrogens with zero attached hydrogens (tertiary/aromatic N) is 3. The molecule has 0 spiro atoms. The second-order valence-corrected chi connectivity index (χ2v) is 9.02. The molecule has 3 aromatic rings. The van der Waals surface area contributed by atoms with Crippen LogP contribution in [0.25, 0.3) is 10.2 Å². The van der Waals surface area contributed by atoms with E-state index in [4.69, 9.17) is 30.8 Å². The molecule has 1 aliphatic heterocycles. The normalized spacial score (nSPS) is 14.1. The summed E-state index contributed by atoms with van der Waals surface area (Å²) < 4.78 is 17.1. The van der Waals surface area contributed by atoms with Crippen LogP contribution in [-0.4, -0.2) is 69.4 Å². The van der Waals surface area contributed by atoms with Gasteiger partial charge < -0.3 is 14.2 Å². The van der Waals surface area contributed by atoms with Gasteiger partial charge in [-0.3, -0.25) is 14.6 Å². The van der Waals surface area contributed by atoms with Gasteiger partial charge in [-0.25, -0.2) is 4.98 Å². The van der Waals surface area contributed by atoms with Crippen molar-refractivity contribution < 1.29 is 19.0 Å². The van der Waals surface area contributed by atoms with E-state index in [0.717, 1.165) is 35.4 Å². The standard InChI is InChI=1S/C23H26ClN3O4S.ClH/c1-15-10-17(24)13-20-21(15)25-23(32-20)27(5-4-26-6-8-31-9-7-26)22(28)16-11-18(29-2)14-19(12-16)30-3;/h10-14H,4-9H2,1-3H3;1H. The SMILES string of the molecule is COc1cc(OC)cc(C(=O)N(CCN2CCOCC2)c2nc3c(C)cc(Cl)cc3s2)c1.Cl. The average molecular weight is 512 g/mol. The van der Waals surface area contributed by atoms with E-state index in [1.165, 1.54) is 11.3 Å². The summed E-state index contributed by atoms with van der Waals surface area (Å²) in [4.78, 5) is 22.5. The van der Waals surface area contributed by atoms with Crippen LogP contribution >= 0.6 is 35.3 Å². The minimum Gasteiger partial charge on any atom is -0.497 e. The van der Waals surface area contributed by atoms with Crippen molar-refractivity contribution in [3.8, 4) is 11.5 Å². The molecule has 0 bridgehead atoms. The lowest BCUT2D eigenvalue weighted by atomic mass is 10.1. The number of benzene rings is 2. The van der Waals surface area contributed by atoms with Gasteiger partial charge in [-0.1, -0.05) is 22.9 Å². The zero-order valence-electron chi connectivity index (χ0n) is 18.8. The molecule has 10 heteroatoms. The van der Waals surface area contributed by atoms with E-state index in [-0.39, 0.29) is 18.3 Å². The fraction of sp³-hybridized carbons (Fsp3) is 0.391. The Morgan fingerprint density at radius 3 is 2.45 bits per heavy atom. The average Bonchev–Trinajstić information content (AvgIpc) is 3.23. The second-order valence-electron chi connectivity index (χ2n) is 7.58. The molecule has 0 unspecified atom stereocenters. The van der Waals surface area contributed by atoms with Crippen molar-refractivity contribution in [1.82, 2.24) is 9.88 Å². The Kier molecular flexibility index (Phi) is 8.78. The van der Waals surface area contributed by atoms with Crippen molar-refractivity contribution in [1.29, 1.82) is 0 Å². The molecule has 1 fully saturated rings. The highest BCUT2D eigenvalue weighted by atomic mass is 35.5. The fourth-order valence-electron chi connectivity index (χ4n) is 3.70. The zero-order valence-corrected chi connectivity index (χ0v) is 21.2. The van der Waals surface area contributed by atoms with Crippen LogP contribution in [0.15, 0.2) is 30.3 Å². The maximum atomic E-state index is 13.7. The Labute approximate surface area is 208 Å². The number of aromatic nitrogens is 1. The Hall–Kier alpha value is -2.10. The number of halogens is 2. The molecule has 4 rings (SSSR count). The van der Waals surface area contributed by atoms with Crippen molar-refractivity contribution >= 4 is 56.6 Å². The summed E-state index contributed by atoms with van der Waals surface area (Å²) in [6.45, 7) is 6.33. The third-order valence-corrected chi connectivity index (χ3v) is 6.70. The van der Waals surface area contributed by atoms with Gasteiger partial charge >= 0.3 is 0 Å². The van der Waals surface area contributed by atoms with E-state index in [2.05, 4.69) is 4.90 Å². The van der Waals surface area contributed by atoms with Gasteiger partial charge in [-0.2, -0.15) is 0 Å². The van der Waals surface area contributed by atoms with Gasteiger partial charge in [0.25, 0.3) is 5.91 Å². The molecule has 0 saturated carbocycles. The number of aryl methyl sites for hydroxylation is 1. The molecule has 0 atom stereocenters. The first-order valence-corrected chi connectivity index (χ1v) is 11.6. The molecule has 1 aliphatic rings. The number of hydrogen-bond acceptors (Lipinski definition) is 7. The second kappa shape index (κ2) is 11.4. The fourth-order valence-corrected chi connectivity index (χ4v) is 5.14. The summed E-state index contributed by atoms with van der Waals surface area (Å²) >= 11 is 7.72. The van der Waals surface area contributed by atoms with Crippen LogP contribution in [0.1, 0.15) is 15.9 Å². The number of fused-ring (bicyclic) bond motifs is 1. The third-order valence-electron chi connectivity index (χ3n) is 5.46. The maximum Gasteiger partial charge on any atom is 0.260 e. The summed E-state index contributed by atoms with van der Waals surface area (Å²) in [5.41, 5.74) is 2.33. The first-order valence-electron chi connectivity index (χ1n) is 10.4. The van der Waals surface area contributed by atoms with Crippen LogP contribution in [0.4, 0.5) is 5.13 Å². The number of carbonyl (C=O) groups excluding carboxylic acids is 1. The number of morpholine rings is 1. The Morgan fingerprint density at radius 1 is 1.15 bits per heavy atom. The molecule has 2 heterocycles. The smallest absolute Gasteiger partial charge is 0.260 e. The van der Waals surface area contributed by atoms with Gasteiger partial charge in [0.05, 0.1) is 37.6 Å². The number of rotatable bonds is 7. The first-order chi connectivity index (χ1) is 15.5. The van der Waals surface area contributed by atoms with Crippen LogP contribution in [-0.2, 0) is 4.74 Å². The van der Waals surface area contributed by atoms with Crippen molar-refractivity contribution in [3.63, 3.8) is 0 Å². The lowest BCUT2D eigenvalue weighted by molar-refractivity contribution is 0.0391. The molecule has 1 amide bonds. The molecular weight excluding hydrogens is 485 g/mol. The lowest BCUT2D eigenvalue weighted by Gasteiger charge is -2.29. The van der Waals surface area contributed by atoms with Gasteiger partial charge in [-0.05, 0) is 36.8 Å². The highest BCUT2D eigenvalue weighted by Gasteiger charge is 2.24. The predicted octanol–water partition coefficient (Wildman–Crippen LogP) is 4.68. The molecule has 2 aromatic carbocycles. The Bertz CT molecular complexity index is 1100. The van der Waals surface area contributed by atoms with Gasteiger partial charge in [0.1, 0.15) is 11.5 Å². The highest BCUT2D eigenvalue weighted by Crippen LogP contribution is 2.34. The van der Waals surface area contributed by atoms with Crippen LogP contribution in [0.5, 0.6) is 11.5 Å². The summed E-state index contributed by atoms with van der Waals surface area (Å²) in [6, 6.07) is 8.98. The quantitative estimate of drug-likeness (QED) is 0.458. The molecule has 7 nitrogen and oxygen atoms in total. The van der Waals surface area contributed by atoms with Gasteiger partial charge in [0.2, 0.25) is 0 Å². The zero-order chi connectivity index (χ0) is 22.7. The van der Waals surface area contributed by atoms with Crippen LogP contribution < -0.4 is 14.4 Å². The maximum absolute atomic E-state index is 13.7. The third kappa shape index (κ3) is 5.88. The highest BCUT2D eigenvalue weighted by molar-refractivity contribution is 7.22. The number of thiazole rings is 1. The predicted molar refractivity (Wildman–Crippen MR) is 135 cm³/mol. The van der Waals surface area contributed by atoms with E-state index < -0.39 is 0 Å². The minimum absolute atomic E-state index is 0. The molecule has 0 aliphatic carbocycles. The van der Waals surface area contributed by atoms with E-state index in [1.807, 2.05) is 19.1 Å². The van der Waals surface area contributed by atoms with Crippen LogP contribution in [0.3, 0.4) is 0 Å². The molecule has 33 heavy (non-hydrogen) atoms. The van der Waals surface area contributed by atoms with E-state index >= 15 is 0 Å². The molecule has 1 aromatic heterocycles. The minimum atomic E-state index is -0.154. The summed E-state index contributed by atoms with van der Waals surface area (Å²) in [5.74, 6) is 0.971. The number of anilines is 1. The number of hydrogen-bond donors (Lipinski definition) is 0. The lowest BCUT2D eigenvalue weighted by Crippen LogP contribution is -2.43. The molecule has 0 N–H and O–H groups in total. The largest absolute Gasteiger partial charge is 0.497 e. The van der Waals surface area contributed by atoms with Gasteiger partial charge in [0, 0.05) is 42.8 Å². The molecular formula is C23H27Cl2N3O4S. The van der Waals surface area contributed by atoms with Crippen molar-refractivity contribution in [2.45, 2.75) is 6.92 Å². The monoisotopic (exact) mass is 511 g/mol. The number of methoxy groups -OCH3 is 2. The molecule has 1 saturated heterocycles. The number of ether oxygens (including phenoxy) is 3. The molecule has 178 valence electrons. The van der Waals surface area contributed by atoms with Crippen LogP contribution in [0.2, 0.25) is 5.02 Å². The first kappa shape index (κ1) is 25.5. The Balaban J connectivity index is 0.00000306. The summed E-state index contributed by atoms with van der Waals surface area (Å²) in [7, 11) is 3.14. The van der Waals surface area contributed by atoms with Crippen molar-refractivity contribution in [3.05, 3.63) is 46.5 Å². The van der Waals surface area contributed by atoms with Gasteiger partial charge in [-0.15, -0.1) is 12.4 Å². The van der Waals surface area contributed by atoms with E-state index in [1.54, 1.807) is 37.3 Å². The van der Waals surface area contributed by atoms with Crippen molar-refractivity contribution in [2.24, 2.45) is 0 Å². The van der Waals surface area contributed by atoms with E-state index in [0.29, 0.717) is 47.0 Å². The number of amides is 1. The summed E-state index contributed by atoms with van der Waals surface area (Å²) in [6.07, 6.45) is 0. The van der Waals surface area contributed by atoms with Gasteiger partial charge in [0.15, 0.2) is 5.13 Å². The Morgan fingerprint density at radius 2 is 1.82 bits per heavy atom. The van der Waals surface area contributed by atoms with Crippen molar-refractivity contribution in [2.75, 3.05) is 58.5 Å². The van der Waals surface area contributed by atoms with E-state index in [9.17, 15) is 4.79 Å². The topological polar surface area (TPSA) is 64.1 Å². The molecule has 0 radical (unpaired) electrons. The number of carbonyl (C=O) groups is 1. The summed E-state index contributed by atoms with van der Waals surface area (Å²) in [5, 5.41) is 1.30. The van der Waals surface area contributed by atoms with Crippen LogP contribution in [0, 0.1) is 6.92 Å².